The van der Waals surface area contributed by atoms with Crippen molar-refractivity contribution in [1.29, 1.82) is 0 Å². The molecule has 1 unspecified atom stereocenters. The number of hydrogen-bond donors (Lipinski definition) is 2. The smallest absolute Gasteiger partial charge is 0.142 e. The van der Waals surface area contributed by atoms with Gasteiger partial charge in [-0.15, -0.1) is 11.3 Å². The standard InChI is InChI=1S/C15H19N3OS/c19-8-6-13(11-4-5-11)17-9-12-10-20-15(18-12)14-3-1-2-7-16-14/h1-3,7,10-11,13,17,19H,4-6,8-9H2. The maximum Gasteiger partial charge on any atom is 0.142 e. The molecule has 2 N–H and O–H groups in total. The van der Waals surface area contributed by atoms with Crippen molar-refractivity contribution in [2.45, 2.75) is 31.8 Å². The highest BCUT2D eigenvalue weighted by atomic mass is 32.1. The van der Waals surface area contributed by atoms with Crippen LogP contribution in [-0.4, -0.2) is 27.7 Å². The highest BCUT2D eigenvalue weighted by Crippen LogP contribution is 2.34. The summed E-state index contributed by atoms with van der Waals surface area (Å²) in [7, 11) is 0. The first-order chi connectivity index (χ1) is 9.86. The minimum Gasteiger partial charge on any atom is -0.396 e. The van der Waals surface area contributed by atoms with Gasteiger partial charge in [-0.1, -0.05) is 6.07 Å². The van der Waals surface area contributed by atoms with E-state index in [4.69, 9.17) is 5.11 Å². The van der Waals surface area contributed by atoms with Crippen LogP contribution in [0, 0.1) is 5.92 Å². The Morgan fingerprint density at radius 1 is 1.40 bits per heavy atom. The van der Waals surface area contributed by atoms with E-state index in [0.717, 1.165) is 35.3 Å². The summed E-state index contributed by atoms with van der Waals surface area (Å²) in [4.78, 5) is 8.94. The molecule has 0 aliphatic heterocycles. The second-order valence-corrected chi connectivity index (χ2v) is 6.05. The molecular formula is C15H19N3OS. The number of aliphatic hydroxyl groups excluding tert-OH is 1. The lowest BCUT2D eigenvalue weighted by Gasteiger charge is -2.16. The summed E-state index contributed by atoms with van der Waals surface area (Å²) < 4.78 is 0. The quantitative estimate of drug-likeness (QED) is 0.822. The zero-order valence-corrected chi connectivity index (χ0v) is 12.1. The van der Waals surface area contributed by atoms with E-state index in [1.807, 2.05) is 18.2 Å². The van der Waals surface area contributed by atoms with Crippen LogP contribution in [0.5, 0.6) is 0 Å². The van der Waals surface area contributed by atoms with E-state index in [-0.39, 0.29) is 6.61 Å². The van der Waals surface area contributed by atoms with Crippen LogP contribution < -0.4 is 5.32 Å². The average molecular weight is 289 g/mol. The third kappa shape index (κ3) is 3.42. The first-order valence-corrected chi connectivity index (χ1v) is 7.95. The fraction of sp³-hybridized carbons (Fsp3) is 0.467. The van der Waals surface area contributed by atoms with Crippen molar-refractivity contribution in [3.05, 3.63) is 35.5 Å². The van der Waals surface area contributed by atoms with Crippen LogP contribution in [-0.2, 0) is 6.54 Å². The molecule has 0 radical (unpaired) electrons. The third-order valence-electron chi connectivity index (χ3n) is 3.61. The van der Waals surface area contributed by atoms with Gasteiger partial charge >= 0.3 is 0 Å². The number of aromatic nitrogens is 2. The Hall–Kier alpha value is -1.30. The summed E-state index contributed by atoms with van der Waals surface area (Å²) in [5, 5.41) is 15.7. The Balaban J connectivity index is 1.59. The second kappa shape index (κ2) is 6.43. The van der Waals surface area contributed by atoms with E-state index in [2.05, 4.69) is 20.7 Å². The molecule has 5 heteroatoms. The van der Waals surface area contributed by atoms with Gasteiger partial charge in [-0.05, 0) is 37.3 Å². The molecule has 0 amide bonds. The molecular weight excluding hydrogens is 270 g/mol. The average Bonchev–Trinajstić information content (AvgIpc) is 3.22. The van der Waals surface area contributed by atoms with Gasteiger partial charge in [-0.25, -0.2) is 4.98 Å². The highest BCUT2D eigenvalue weighted by Gasteiger charge is 2.30. The van der Waals surface area contributed by atoms with Gasteiger partial charge in [0.05, 0.1) is 11.4 Å². The monoisotopic (exact) mass is 289 g/mol. The maximum absolute atomic E-state index is 9.10. The van der Waals surface area contributed by atoms with Crippen LogP contribution in [0.2, 0.25) is 0 Å². The number of thiazole rings is 1. The fourth-order valence-corrected chi connectivity index (χ4v) is 3.17. The van der Waals surface area contributed by atoms with E-state index in [1.165, 1.54) is 12.8 Å². The largest absolute Gasteiger partial charge is 0.396 e. The molecule has 3 rings (SSSR count). The molecule has 1 aliphatic rings. The first-order valence-electron chi connectivity index (χ1n) is 7.07. The van der Waals surface area contributed by atoms with Crippen molar-refractivity contribution in [1.82, 2.24) is 15.3 Å². The van der Waals surface area contributed by atoms with Crippen molar-refractivity contribution in [3.8, 4) is 10.7 Å². The molecule has 0 aromatic carbocycles. The predicted octanol–water partition coefficient (Wildman–Crippen LogP) is 2.46. The molecule has 20 heavy (non-hydrogen) atoms. The van der Waals surface area contributed by atoms with Crippen molar-refractivity contribution < 1.29 is 5.11 Å². The van der Waals surface area contributed by atoms with Crippen LogP contribution in [0.1, 0.15) is 25.0 Å². The number of nitrogens with zero attached hydrogens (tertiary/aromatic N) is 2. The molecule has 0 bridgehead atoms. The summed E-state index contributed by atoms with van der Waals surface area (Å²) in [5.74, 6) is 0.746. The van der Waals surface area contributed by atoms with E-state index in [1.54, 1.807) is 17.5 Å². The summed E-state index contributed by atoms with van der Waals surface area (Å²) >= 11 is 1.63. The molecule has 0 saturated heterocycles. The Morgan fingerprint density at radius 2 is 2.30 bits per heavy atom. The topological polar surface area (TPSA) is 58.0 Å². The lowest BCUT2D eigenvalue weighted by molar-refractivity contribution is 0.255. The van der Waals surface area contributed by atoms with E-state index >= 15 is 0 Å². The molecule has 2 aromatic heterocycles. The summed E-state index contributed by atoms with van der Waals surface area (Å²) in [5.41, 5.74) is 1.98. The first kappa shape index (κ1) is 13.7. The maximum atomic E-state index is 9.10. The van der Waals surface area contributed by atoms with Crippen LogP contribution in [0.4, 0.5) is 0 Å². The van der Waals surface area contributed by atoms with E-state index < -0.39 is 0 Å². The molecule has 1 atom stereocenters. The minimum absolute atomic E-state index is 0.254. The van der Waals surface area contributed by atoms with Crippen LogP contribution in [0.25, 0.3) is 10.7 Å². The zero-order chi connectivity index (χ0) is 13.8. The SMILES string of the molecule is OCCC(NCc1csc(-c2ccccn2)n1)C1CC1. The van der Waals surface area contributed by atoms with Crippen molar-refractivity contribution in [2.24, 2.45) is 5.92 Å². The van der Waals surface area contributed by atoms with Gasteiger partial charge in [0.15, 0.2) is 0 Å². The second-order valence-electron chi connectivity index (χ2n) is 5.20. The lowest BCUT2D eigenvalue weighted by atomic mass is 10.1. The third-order valence-corrected chi connectivity index (χ3v) is 4.53. The number of aliphatic hydroxyl groups is 1. The number of hydrogen-bond acceptors (Lipinski definition) is 5. The Kier molecular flexibility index (Phi) is 4.40. The zero-order valence-electron chi connectivity index (χ0n) is 11.3. The normalized spacial score (nSPS) is 16.2. The van der Waals surface area contributed by atoms with Crippen LogP contribution in [0.15, 0.2) is 29.8 Å². The molecule has 1 aliphatic carbocycles. The van der Waals surface area contributed by atoms with Gasteiger partial charge in [0.1, 0.15) is 5.01 Å². The molecule has 4 nitrogen and oxygen atoms in total. The van der Waals surface area contributed by atoms with E-state index in [9.17, 15) is 0 Å². The van der Waals surface area contributed by atoms with E-state index in [0.29, 0.717) is 6.04 Å². The summed E-state index contributed by atoms with van der Waals surface area (Å²) in [6, 6.07) is 6.30. The highest BCUT2D eigenvalue weighted by molar-refractivity contribution is 7.13. The molecule has 1 fully saturated rings. The Morgan fingerprint density at radius 3 is 3.00 bits per heavy atom. The summed E-state index contributed by atoms with van der Waals surface area (Å²) in [6.07, 6.45) is 5.20. The van der Waals surface area contributed by atoms with Crippen molar-refractivity contribution in [3.63, 3.8) is 0 Å². The minimum atomic E-state index is 0.254. The molecule has 2 aromatic rings. The predicted molar refractivity (Wildman–Crippen MR) is 80.4 cm³/mol. The van der Waals surface area contributed by atoms with Crippen molar-refractivity contribution in [2.75, 3.05) is 6.61 Å². The van der Waals surface area contributed by atoms with Crippen LogP contribution in [0.3, 0.4) is 0 Å². The molecule has 106 valence electrons. The van der Waals surface area contributed by atoms with Gasteiger partial charge in [-0.2, -0.15) is 0 Å². The van der Waals surface area contributed by atoms with Gasteiger partial charge in [0.2, 0.25) is 0 Å². The fourth-order valence-electron chi connectivity index (χ4n) is 2.37. The molecule has 1 saturated carbocycles. The number of pyridine rings is 1. The number of rotatable bonds is 7. The van der Waals surface area contributed by atoms with Gasteiger partial charge < -0.3 is 10.4 Å². The number of nitrogens with one attached hydrogen (secondary N) is 1. The summed E-state index contributed by atoms with van der Waals surface area (Å²) in [6.45, 7) is 1.02. The van der Waals surface area contributed by atoms with Crippen LogP contribution >= 0.6 is 11.3 Å². The Labute approximate surface area is 122 Å². The molecule has 2 heterocycles. The van der Waals surface area contributed by atoms with Crippen molar-refractivity contribution >= 4 is 11.3 Å². The van der Waals surface area contributed by atoms with Gasteiger partial charge in [0, 0.05) is 30.8 Å². The Bertz CT molecular complexity index is 539. The van der Waals surface area contributed by atoms with Gasteiger partial charge in [-0.3, -0.25) is 4.98 Å². The van der Waals surface area contributed by atoms with Gasteiger partial charge in [0.25, 0.3) is 0 Å². The molecule has 0 spiro atoms. The lowest BCUT2D eigenvalue weighted by Crippen LogP contribution is -2.31.